The molecule has 5 nitrogen and oxygen atoms in total. The third-order valence-corrected chi connectivity index (χ3v) is 2.17. The van der Waals surface area contributed by atoms with Crippen LogP contribution in [0.25, 0.3) is 11.3 Å². The molecular weight excluding hydrogens is 247 g/mol. The first kappa shape index (κ1) is 12.1. The monoisotopic (exact) mass is 255 g/mol. The van der Waals surface area contributed by atoms with Gasteiger partial charge in [-0.25, -0.2) is 4.98 Å². The van der Waals surface area contributed by atoms with Crippen LogP contribution in [0.4, 0.5) is 24.9 Å². The smallest absolute Gasteiger partial charge is 0.383 e. The summed E-state index contributed by atoms with van der Waals surface area (Å²) in [4.78, 5) is 10.7. The molecule has 0 saturated carbocycles. The number of nitrogens with zero attached hydrogens (tertiary/aromatic N) is 3. The molecule has 0 aromatic carbocycles. The highest BCUT2D eigenvalue weighted by molar-refractivity contribution is 5.69. The van der Waals surface area contributed by atoms with Gasteiger partial charge in [-0.3, -0.25) is 4.98 Å². The van der Waals surface area contributed by atoms with E-state index in [0.29, 0.717) is 0 Å². The molecule has 0 unspecified atom stereocenters. The van der Waals surface area contributed by atoms with E-state index in [1.54, 1.807) is 0 Å². The Labute approximate surface area is 99.7 Å². The fourth-order valence-corrected chi connectivity index (χ4v) is 1.49. The number of halogens is 3. The molecule has 18 heavy (non-hydrogen) atoms. The van der Waals surface area contributed by atoms with Crippen molar-refractivity contribution in [1.29, 1.82) is 0 Å². The molecule has 0 bridgehead atoms. The maximum absolute atomic E-state index is 12.9. The van der Waals surface area contributed by atoms with Crippen molar-refractivity contribution in [1.82, 2.24) is 15.0 Å². The second-order valence-electron chi connectivity index (χ2n) is 3.43. The zero-order chi connectivity index (χ0) is 13.3. The molecule has 0 aliphatic heterocycles. The van der Waals surface area contributed by atoms with Gasteiger partial charge in [-0.15, -0.1) is 0 Å². The van der Waals surface area contributed by atoms with Crippen molar-refractivity contribution in [3.63, 3.8) is 0 Å². The van der Waals surface area contributed by atoms with Gasteiger partial charge in [0.15, 0.2) is 0 Å². The largest absolute Gasteiger partial charge is 0.422 e. The van der Waals surface area contributed by atoms with Gasteiger partial charge in [0.1, 0.15) is 11.4 Å². The number of alkyl halides is 3. The summed E-state index contributed by atoms with van der Waals surface area (Å²) in [5.74, 6) is -1.02. The molecule has 0 spiro atoms. The van der Waals surface area contributed by atoms with Gasteiger partial charge in [-0.1, -0.05) is 0 Å². The minimum Gasteiger partial charge on any atom is -0.383 e. The number of nitrogens with two attached hydrogens (primary N) is 2. The first-order valence-electron chi connectivity index (χ1n) is 4.80. The topological polar surface area (TPSA) is 90.7 Å². The van der Waals surface area contributed by atoms with E-state index in [4.69, 9.17) is 11.5 Å². The number of aromatic nitrogens is 3. The standard InChI is InChI=1S/C10H8F3N5/c11-10(12,13)6-7(5-2-1-3-16-4-5)17-9(15)18-8(6)14/h1-4H,(H4,14,15,17,18). The van der Waals surface area contributed by atoms with Crippen molar-refractivity contribution in [3.8, 4) is 11.3 Å². The third-order valence-electron chi connectivity index (χ3n) is 2.17. The SMILES string of the molecule is Nc1nc(N)c(C(F)(F)F)c(-c2cccnc2)n1. The van der Waals surface area contributed by atoms with Gasteiger partial charge in [0.05, 0.1) is 5.69 Å². The molecular formula is C10H8F3N5. The molecule has 2 aromatic rings. The lowest BCUT2D eigenvalue weighted by molar-refractivity contribution is -0.136. The molecule has 0 aliphatic carbocycles. The Morgan fingerprint density at radius 3 is 2.39 bits per heavy atom. The Bertz CT molecular complexity index is 568. The van der Waals surface area contributed by atoms with Crippen LogP contribution in [0.2, 0.25) is 0 Å². The van der Waals surface area contributed by atoms with Gasteiger partial charge in [-0.05, 0) is 12.1 Å². The zero-order valence-electron chi connectivity index (χ0n) is 8.94. The molecule has 2 aromatic heterocycles. The first-order chi connectivity index (χ1) is 8.39. The second kappa shape index (κ2) is 4.13. The van der Waals surface area contributed by atoms with Gasteiger partial charge in [0.2, 0.25) is 5.95 Å². The number of rotatable bonds is 1. The predicted octanol–water partition coefficient (Wildman–Crippen LogP) is 1.72. The Hall–Kier alpha value is -2.38. The minimum atomic E-state index is -4.66. The first-order valence-corrected chi connectivity index (χ1v) is 4.80. The third kappa shape index (κ3) is 2.17. The lowest BCUT2D eigenvalue weighted by Crippen LogP contribution is -2.15. The van der Waals surface area contributed by atoms with Gasteiger partial charge in [0.25, 0.3) is 0 Å². The van der Waals surface area contributed by atoms with Gasteiger partial charge < -0.3 is 11.5 Å². The van der Waals surface area contributed by atoms with Crippen LogP contribution in [0.3, 0.4) is 0 Å². The summed E-state index contributed by atoms with van der Waals surface area (Å²) in [5, 5.41) is 0. The Morgan fingerprint density at radius 1 is 1.11 bits per heavy atom. The van der Waals surface area contributed by atoms with Crippen molar-refractivity contribution in [3.05, 3.63) is 30.1 Å². The summed E-state index contributed by atoms with van der Waals surface area (Å²) in [7, 11) is 0. The highest BCUT2D eigenvalue weighted by atomic mass is 19.4. The lowest BCUT2D eigenvalue weighted by atomic mass is 10.1. The molecule has 4 N–H and O–H groups in total. The number of hydrogen-bond acceptors (Lipinski definition) is 5. The van der Waals surface area contributed by atoms with Crippen LogP contribution in [0.1, 0.15) is 5.56 Å². The Kier molecular flexibility index (Phi) is 2.77. The summed E-state index contributed by atoms with van der Waals surface area (Å²) in [6, 6.07) is 2.92. The van der Waals surface area contributed by atoms with Gasteiger partial charge in [-0.2, -0.15) is 18.2 Å². The highest BCUT2D eigenvalue weighted by Gasteiger charge is 2.38. The molecule has 2 heterocycles. The molecule has 0 amide bonds. The number of pyridine rings is 1. The van der Waals surface area contributed by atoms with E-state index in [9.17, 15) is 13.2 Å². The van der Waals surface area contributed by atoms with E-state index in [1.165, 1.54) is 24.5 Å². The van der Waals surface area contributed by atoms with E-state index in [0.717, 1.165) is 0 Å². The maximum Gasteiger partial charge on any atom is 0.422 e. The molecule has 0 saturated heterocycles. The van der Waals surface area contributed by atoms with Gasteiger partial charge in [0, 0.05) is 18.0 Å². The average molecular weight is 255 g/mol. The van der Waals surface area contributed by atoms with E-state index in [2.05, 4.69) is 15.0 Å². The number of hydrogen-bond donors (Lipinski definition) is 2. The van der Waals surface area contributed by atoms with Crippen LogP contribution in [0, 0.1) is 0 Å². The quantitative estimate of drug-likeness (QED) is 0.809. The summed E-state index contributed by atoms with van der Waals surface area (Å²) >= 11 is 0. The zero-order valence-corrected chi connectivity index (χ0v) is 8.94. The van der Waals surface area contributed by atoms with Crippen LogP contribution >= 0.6 is 0 Å². The summed E-state index contributed by atoms with van der Waals surface area (Å²) < 4.78 is 38.7. The van der Waals surface area contributed by atoms with Crippen LogP contribution in [-0.4, -0.2) is 15.0 Å². The lowest BCUT2D eigenvalue weighted by Gasteiger charge is -2.14. The summed E-state index contributed by atoms with van der Waals surface area (Å²) in [6.45, 7) is 0. The van der Waals surface area contributed by atoms with Crippen molar-refractivity contribution in [2.24, 2.45) is 0 Å². The van der Waals surface area contributed by atoms with Crippen molar-refractivity contribution in [2.45, 2.75) is 6.18 Å². The van der Waals surface area contributed by atoms with E-state index in [1.807, 2.05) is 0 Å². The fourth-order valence-electron chi connectivity index (χ4n) is 1.49. The Morgan fingerprint density at radius 2 is 1.83 bits per heavy atom. The van der Waals surface area contributed by atoms with Crippen LogP contribution in [0.5, 0.6) is 0 Å². The predicted molar refractivity (Wildman–Crippen MR) is 59.1 cm³/mol. The van der Waals surface area contributed by atoms with Crippen LogP contribution in [0.15, 0.2) is 24.5 Å². The maximum atomic E-state index is 12.9. The molecule has 8 heteroatoms. The van der Waals surface area contributed by atoms with Crippen molar-refractivity contribution in [2.75, 3.05) is 11.5 Å². The van der Waals surface area contributed by atoms with Crippen LogP contribution in [-0.2, 0) is 6.18 Å². The number of nitrogen functional groups attached to an aromatic ring is 2. The van der Waals surface area contributed by atoms with E-state index >= 15 is 0 Å². The normalized spacial score (nSPS) is 11.5. The summed E-state index contributed by atoms with van der Waals surface area (Å²) in [6.07, 6.45) is -1.98. The number of anilines is 2. The van der Waals surface area contributed by atoms with Crippen molar-refractivity contribution < 1.29 is 13.2 Å². The molecule has 94 valence electrons. The molecule has 0 aliphatic rings. The highest BCUT2D eigenvalue weighted by Crippen LogP contribution is 2.38. The van der Waals surface area contributed by atoms with Gasteiger partial charge >= 0.3 is 6.18 Å². The van der Waals surface area contributed by atoms with E-state index in [-0.39, 0.29) is 17.2 Å². The summed E-state index contributed by atoms with van der Waals surface area (Å²) in [5.41, 5.74) is 9.28. The average Bonchev–Trinajstić information content (AvgIpc) is 2.27. The molecule has 2 rings (SSSR count). The Balaban J connectivity index is 2.74. The fraction of sp³-hybridized carbons (Fsp3) is 0.100. The second-order valence-corrected chi connectivity index (χ2v) is 3.43. The van der Waals surface area contributed by atoms with Crippen LogP contribution < -0.4 is 11.5 Å². The minimum absolute atomic E-state index is 0.172. The van der Waals surface area contributed by atoms with Crippen molar-refractivity contribution >= 4 is 11.8 Å². The molecule has 0 atom stereocenters. The molecule has 0 radical (unpaired) electrons. The molecule has 0 fully saturated rings. The van der Waals surface area contributed by atoms with E-state index < -0.39 is 17.6 Å².